The molecule has 0 bridgehead atoms. The summed E-state index contributed by atoms with van der Waals surface area (Å²) in [7, 11) is 0. The summed E-state index contributed by atoms with van der Waals surface area (Å²) in [6.45, 7) is 8.49. The average Bonchev–Trinajstić information content (AvgIpc) is 2.82. The molecule has 0 aromatic rings. The third-order valence-corrected chi connectivity index (χ3v) is 3.76. The zero-order valence-electron chi connectivity index (χ0n) is 12.1. The van der Waals surface area contributed by atoms with Crippen molar-refractivity contribution in [3.63, 3.8) is 0 Å². The number of amides is 1. The molecule has 0 radical (unpaired) electrons. The van der Waals surface area contributed by atoms with Crippen molar-refractivity contribution in [2.24, 2.45) is 11.7 Å². The Kier molecular flexibility index (Phi) is 9.76. The first-order chi connectivity index (χ1) is 8.65. The van der Waals surface area contributed by atoms with Crippen LogP contribution in [0.15, 0.2) is 0 Å². The van der Waals surface area contributed by atoms with Crippen molar-refractivity contribution in [2.45, 2.75) is 25.8 Å². The number of rotatable bonds is 4. The number of hydrogen-bond donors (Lipinski definition) is 1. The van der Waals surface area contributed by atoms with Crippen LogP contribution in [0.2, 0.25) is 0 Å². The lowest BCUT2D eigenvalue weighted by atomic mass is 10.1. The number of nitrogens with two attached hydrogens (primary N) is 1. The lowest BCUT2D eigenvalue weighted by Gasteiger charge is -2.36. The zero-order valence-corrected chi connectivity index (χ0v) is 13.8. The lowest BCUT2D eigenvalue weighted by Crippen LogP contribution is -2.50. The maximum absolute atomic E-state index is 11.9. The number of piperazine rings is 1. The van der Waals surface area contributed by atoms with Crippen LogP contribution in [0.1, 0.15) is 19.8 Å². The first kappa shape index (κ1) is 19.9. The normalized spacial score (nSPS) is 24.7. The monoisotopic (exact) mass is 327 g/mol. The molecule has 0 saturated carbocycles. The fourth-order valence-corrected chi connectivity index (χ4v) is 2.68. The van der Waals surface area contributed by atoms with Crippen molar-refractivity contribution in [3.8, 4) is 0 Å². The Morgan fingerprint density at radius 3 is 2.45 bits per heavy atom. The SMILES string of the molecule is CC(N)CC(=O)N1CCN(CC2CCOC2)CC1.Cl.Cl. The predicted octanol–water partition coefficient (Wildman–Crippen LogP) is 0.748. The molecule has 2 atom stereocenters. The summed E-state index contributed by atoms with van der Waals surface area (Å²) in [5, 5.41) is 0. The van der Waals surface area contributed by atoms with Crippen LogP contribution in [-0.2, 0) is 9.53 Å². The molecule has 7 heteroatoms. The summed E-state index contributed by atoms with van der Waals surface area (Å²) in [6.07, 6.45) is 1.65. The highest BCUT2D eigenvalue weighted by molar-refractivity contribution is 5.85. The summed E-state index contributed by atoms with van der Waals surface area (Å²) in [5.74, 6) is 0.894. The maximum Gasteiger partial charge on any atom is 0.224 e. The van der Waals surface area contributed by atoms with Gasteiger partial charge in [-0.3, -0.25) is 9.69 Å². The van der Waals surface area contributed by atoms with Crippen molar-refractivity contribution in [1.29, 1.82) is 0 Å². The minimum absolute atomic E-state index is 0. The Morgan fingerprint density at radius 2 is 1.95 bits per heavy atom. The molecule has 2 rings (SSSR count). The molecular weight excluding hydrogens is 301 g/mol. The molecule has 2 fully saturated rings. The van der Waals surface area contributed by atoms with Gasteiger partial charge in [-0.15, -0.1) is 24.8 Å². The molecular formula is C13H27Cl2N3O2. The molecule has 0 aromatic heterocycles. The molecule has 2 aliphatic rings. The van der Waals surface area contributed by atoms with Gasteiger partial charge >= 0.3 is 0 Å². The Balaban J connectivity index is 0.00000180. The number of carbonyl (C=O) groups excluding carboxylic acids is 1. The van der Waals surface area contributed by atoms with Crippen LogP contribution in [0.5, 0.6) is 0 Å². The fraction of sp³-hybridized carbons (Fsp3) is 0.923. The molecule has 0 aromatic carbocycles. The van der Waals surface area contributed by atoms with Gasteiger partial charge in [0.1, 0.15) is 0 Å². The highest BCUT2D eigenvalue weighted by atomic mass is 35.5. The van der Waals surface area contributed by atoms with Crippen LogP contribution in [0, 0.1) is 5.92 Å². The molecule has 2 unspecified atom stereocenters. The van der Waals surface area contributed by atoms with Gasteiger partial charge in [-0.2, -0.15) is 0 Å². The largest absolute Gasteiger partial charge is 0.381 e. The third-order valence-electron chi connectivity index (χ3n) is 3.76. The van der Waals surface area contributed by atoms with E-state index >= 15 is 0 Å². The van der Waals surface area contributed by atoms with E-state index in [0.29, 0.717) is 12.3 Å². The van der Waals surface area contributed by atoms with Crippen LogP contribution in [-0.4, -0.2) is 67.7 Å². The van der Waals surface area contributed by atoms with Crippen LogP contribution in [0.4, 0.5) is 0 Å². The number of nitrogens with zero attached hydrogens (tertiary/aromatic N) is 2. The van der Waals surface area contributed by atoms with Crippen LogP contribution in [0.25, 0.3) is 0 Å². The van der Waals surface area contributed by atoms with Crippen LogP contribution < -0.4 is 5.73 Å². The molecule has 0 aliphatic carbocycles. The summed E-state index contributed by atoms with van der Waals surface area (Å²) < 4.78 is 5.40. The number of hydrogen-bond acceptors (Lipinski definition) is 4. The van der Waals surface area contributed by atoms with Gasteiger partial charge in [0.15, 0.2) is 0 Å². The van der Waals surface area contributed by atoms with E-state index in [0.717, 1.165) is 45.9 Å². The summed E-state index contributed by atoms with van der Waals surface area (Å²) in [4.78, 5) is 16.3. The van der Waals surface area contributed by atoms with Gasteiger partial charge in [0, 0.05) is 51.8 Å². The molecule has 20 heavy (non-hydrogen) atoms. The van der Waals surface area contributed by atoms with Crippen molar-refractivity contribution >= 4 is 30.7 Å². The van der Waals surface area contributed by atoms with E-state index in [1.54, 1.807) is 0 Å². The Bertz CT molecular complexity index is 279. The molecule has 2 N–H and O–H groups in total. The first-order valence-electron chi connectivity index (χ1n) is 6.98. The van der Waals surface area contributed by atoms with E-state index in [-0.39, 0.29) is 36.8 Å². The van der Waals surface area contributed by atoms with Crippen molar-refractivity contribution in [1.82, 2.24) is 9.80 Å². The summed E-state index contributed by atoms with van der Waals surface area (Å²) >= 11 is 0. The van der Waals surface area contributed by atoms with Gasteiger partial charge in [0.2, 0.25) is 5.91 Å². The number of carbonyl (C=O) groups is 1. The van der Waals surface area contributed by atoms with Gasteiger partial charge in [0.25, 0.3) is 0 Å². The Morgan fingerprint density at radius 1 is 1.30 bits per heavy atom. The van der Waals surface area contributed by atoms with E-state index in [1.807, 2.05) is 11.8 Å². The van der Waals surface area contributed by atoms with E-state index in [2.05, 4.69) is 4.90 Å². The first-order valence-corrected chi connectivity index (χ1v) is 6.98. The second-order valence-corrected chi connectivity index (χ2v) is 5.59. The maximum atomic E-state index is 11.9. The summed E-state index contributed by atoms with van der Waals surface area (Å²) in [5.41, 5.74) is 5.66. The van der Waals surface area contributed by atoms with Gasteiger partial charge in [0.05, 0.1) is 6.61 Å². The smallest absolute Gasteiger partial charge is 0.224 e. The third kappa shape index (κ3) is 6.14. The number of halogens is 2. The fourth-order valence-electron chi connectivity index (χ4n) is 2.68. The van der Waals surface area contributed by atoms with E-state index in [4.69, 9.17) is 10.5 Å². The minimum Gasteiger partial charge on any atom is -0.381 e. The van der Waals surface area contributed by atoms with Gasteiger partial charge in [-0.05, 0) is 19.3 Å². The lowest BCUT2D eigenvalue weighted by molar-refractivity contribution is -0.133. The molecule has 1 amide bonds. The van der Waals surface area contributed by atoms with E-state index in [1.165, 1.54) is 6.42 Å². The topological polar surface area (TPSA) is 58.8 Å². The van der Waals surface area contributed by atoms with Gasteiger partial charge in [-0.25, -0.2) is 0 Å². The second-order valence-electron chi connectivity index (χ2n) is 5.59. The van der Waals surface area contributed by atoms with Crippen molar-refractivity contribution in [2.75, 3.05) is 45.9 Å². The zero-order chi connectivity index (χ0) is 13.0. The molecule has 0 spiro atoms. The second kappa shape index (κ2) is 9.79. The van der Waals surface area contributed by atoms with Crippen molar-refractivity contribution < 1.29 is 9.53 Å². The van der Waals surface area contributed by atoms with Crippen molar-refractivity contribution in [3.05, 3.63) is 0 Å². The average molecular weight is 328 g/mol. The molecule has 5 nitrogen and oxygen atoms in total. The number of ether oxygens (including phenoxy) is 1. The molecule has 2 aliphatic heterocycles. The van der Waals surface area contributed by atoms with Crippen LogP contribution in [0.3, 0.4) is 0 Å². The minimum atomic E-state index is -0.0360. The Hall–Kier alpha value is -0.0700. The molecule has 2 heterocycles. The van der Waals surface area contributed by atoms with E-state index in [9.17, 15) is 4.79 Å². The molecule has 2 saturated heterocycles. The summed E-state index contributed by atoms with van der Waals surface area (Å²) in [6, 6.07) is -0.0360. The van der Waals surface area contributed by atoms with Gasteiger partial charge in [-0.1, -0.05) is 0 Å². The Labute approximate surface area is 134 Å². The highest BCUT2D eigenvalue weighted by Crippen LogP contribution is 2.15. The standard InChI is InChI=1S/C13H25N3O2.2ClH/c1-11(14)8-13(17)16-5-3-15(4-6-16)9-12-2-7-18-10-12;;/h11-12H,2-10,14H2,1H3;2*1H. The quantitative estimate of drug-likeness (QED) is 0.827. The molecule has 120 valence electrons. The van der Waals surface area contributed by atoms with Gasteiger partial charge < -0.3 is 15.4 Å². The highest BCUT2D eigenvalue weighted by Gasteiger charge is 2.24. The predicted molar refractivity (Wildman–Crippen MR) is 84.7 cm³/mol. The van der Waals surface area contributed by atoms with E-state index < -0.39 is 0 Å². The van der Waals surface area contributed by atoms with Crippen LogP contribution >= 0.6 is 24.8 Å².